The number of rotatable bonds is 5. The number of aromatic nitrogens is 6. The third-order valence-corrected chi connectivity index (χ3v) is 4.47. The number of carbonyl (C=O) groups is 1. The van der Waals surface area contributed by atoms with Crippen LogP contribution in [0.2, 0.25) is 0 Å². The van der Waals surface area contributed by atoms with Gasteiger partial charge in [0.25, 0.3) is 0 Å². The SMILES string of the molecule is Cc1nccn1-c1ccccc1CNC(=O)C1CNNC1n1cnnn1. The molecular formula is C16H19N9O. The average Bonchev–Trinajstić information content (AvgIpc) is 3.40. The van der Waals surface area contributed by atoms with E-state index in [2.05, 4.69) is 36.7 Å². The molecule has 1 aliphatic heterocycles. The Hall–Kier alpha value is -3.11. The monoisotopic (exact) mass is 353 g/mol. The van der Waals surface area contributed by atoms with Crippen molar-refractivity contribution in [3.63, 3.8) is 0 Å². The number of amides is 1. The Balaban J connectivity index is 1.48. The lowest BCUT2D eigenvalue weighted by atomic mass is 10.1. The Morgan fingerprint density at radius 1 is 1.38 bits per heavy atom. The van der Waals surface area contributed by atoms with Crippen molar-refractivity contribution in [2.75, 3.05) is 6.54 Å². The van der Waals surface area contributed by atoms with Gasteiger partial charge in [0, 0.05) is 25.5 Å². The second-order valence-corrected chi connectivity index (χ2v) is 6.06. The number of imidazole rings is 1. The summed E-state index contributed by atoms with van der Waals surface area (Å²) in [5.41, 5.74) is 8.03. The molecule has 0 spiro atoms. The molecule has 10 nitrogen and oxygen atoms in total. The molecule has 2 atom stereocenters. The van der Waals surface area contributed by atoms with Gasteiger partial charge in [-0.05, 0) is 29.0 Å². The van der Waals surface area contributed by atoms with Crippen LogP contribution in [0.15, 0.2) is 43.0 Å². The summed E-state index contributed by atoms with van der Waals surface area (Å²) < 4.78 is 3.54. The topological polar surface area (TPSA) is 115 Å². The lowest BCUT2D eigenvalue weighted by molar-refractivity contribution is -0.125. The second-order valence-electron chi connectivity index (χ2n) is 6.06. The number of benzene rings is 1. The fourth-order valence-electron chi connectivity index (χ4n) is 3.11. The van der Waals surface area contributed by atoms with Crippen molar-refractivity contribution in [2.24, 2.45) is 5.92 Å². The molecule has 134 valence electrons. The number of nitrogens with one attached hydrogen (secondary N) is 3. The summed E-state index contributed by atoms with van der Waals surface area (Å²) in [6, 6.07) is 7.94. The summed E-state index contributed by atoms with van der Waals surface area (Å²) >= 11 is 0. The third-order valence-electron chi connectivity index (χ3n) is 4.47. The van der Waals surface area contributed by atoms with Crippen LogP contribution in [0.25, 0.3) is 5.69 Å². The molecule has 1 fully saturated rings. The molecule has 2 unspecified atom stereocenters. The standard InChI is InChI=1S/C16H19N9O/c1-11-17-6-7-24(11)14-5-3-2-4-12(14)8-18-16(26)13-9-19-21-15(13)25-10-20-22-23-25/h2-7,10,13,15,19,21H,8-9H2,1H3,(H,18,26). The smallest absolute Gasteiger partial charge is 0.228 e. The second kappa shape index (κ2) is 7.02. The lowest BCUT2D eigenvalue weighted by Crippen LogP contribution is -2.37. The van der Waals surface area contributed by atoms with Crippen LogP contribution in [0, 0.1) is 12.8 Å². The molecule has 0 bridgehead atoms. The number of hydrogen-bond acceptors (Lipinski definition) is 7. The Morgan fingerprint density at radius 2 is 2.27 bits per heavy atom. The Kier molecular flexibility index (Phi) is 4.42. The maximum Gasteiger partial charge on any atom is 0.228 e. The molecule has 1 amide bonds. The molecule has 4 rings (SSSR count). The minimum absolute atomic E-state index is 0.0693. The predicted molar refractivity (Wildman–Crippen MR) is 91.6 cm³/mol. The summed E-state index contributed by atoms with van der Waals surface area (Å²) in [4.78, 5) is 17.0. The number of hydrazine groups is 1. The van der Waals surface area contributed by atoms with Crippen LogP contribution < -0.4 is 16.2 Å². The summed E-state index contributed by atoms with van der Waals surface area (Å²) in [6.45, 7) is 2.87. The van der Waals surface area contributed by atoms with E-state index in [9.17, 15) is 4.79 Å². The van der Waals surface area contributed by atoms with Crippen molar-refractivity contribution in [3.05, 3.63) is 54.4 Å². The minimum Gasteiger partial charge on any atom is -0.352 e. The van der Waals surface area contributed by atoms with Gasteiger partial charge in [0.15, 0.2) is 0 Å². The van der Waals surface area contributed by atoms with Gasteiger partial charge in [0.2, 0.25) is 5.91 Å². The van der Waals surface area contributed by atoms with Crippen molar-refractivity contribution in [3.8, 4) is 5.69 Å². The van der Waals surface area contributed by atoms with Gasteiger partial charge in [-0.15, -0.1) is 5.10 Å². The van der Waals surface area contributed by atoms with Gasteiger partial charge >= 0.3 is 0 Å². The Morgan fingerprint density at radius 3 is 3.04 bits per heavy atom. The van der Waals surface area contributed by atoms with Gasteiger partial charge < -0.3 is 9.88 Å². The van der Waals surface area contributed by atoms with Gasteiger partial charge in [-0.3, -0.25) is 10.2 Å². The molecule has 3 N–H and O–H groups in total. The molecule has 1 saturated heterocycles. The largest absolute Gasteiger partial charge is 0.352 e. The first kappa shape index (κ1) is 16.4. The molecule has 0 saturated carbocycles. The van der Waals surface area contributed by atoms with E-state index in [-0.39, 0.29) is 18.0 Å². The number of para-hydroxylation sites is 1. The van der Waals surface area contributed by atoms with E-state index in [4.69, 9.17) is 0 Å². The summed E-state index contributed by atoms with van der Waals surface area (Å²) in [5.74, 6) is 0.507. The lowest BCUT2D eigenvalue weighted by Gasteiger charge is -2.18. The maximum atomic E-state index is 12.7. The zero-order valence-electron chi connectivity index (χ0n) is 14.2. The van der Waals surface area contributed by atoms with Crippen molar-refractivity contribution >= 4 is 5.91 Å². The average molecular weight is 353 g/mol. The van der Waals surface area contributed by atoms with Crippen molar-refractivity contribution in [1.82, 2.24) is 45.9 Å². The van der Waals surface area contributed by atoms with Crippen LogP contribution >= 0.6 is 0 Å². The quantitative estimate of drug-likeness (QED) is 0.577. The highest BCUT2D eigenvalue weighted by Crippen LogP contribution is 2.19. The molecular weight excluding hydrogens is 334 g/mol. The van der Waals surface area contributed by atoms with Crippen molar-refractivity contribution in [1.29, 1.82) is 0 Å². The summed E-state index contributed by atoms with van der Waals surface area (Å²) in [6.07, 6.45) is 4.84. The molecule has 1 aromatic carbocycles. The first-order valence-electron chi connectivity index (χ1n) is 8.31. The Bertz CT molecular complexity index is 889. The van der Waals surface area contributed by atoms with Crippen LogP contribution in [0.1, 0.15) is 17.6 Å². The molecule has 26 heavy (non-hydrogen) atoms. The van der Waals surface area contributed by atoms with E-state index in [1.807, 2.05) is 42.0 Å². The number of nitrogens with zero attached hydrogens (tertiary/aromatic N) is 6. The molecule has 10 heteroatoms. The van der Waals surface area contributed by atoms with E-state index in [0.717, 1.165) is 17.1 Å². The van der Waals surface area contributed by atoms with E-state index in [1.165, 1.54) is 11.0 Å². The summed E-state index contributed by atoms with van der Waals surface area (Å²) in [7, 11) is 0. The molecule has 2 aromatic heterocycles. The zero-order chi connectivity index (χ0) is 17.9. The Labute approximate surface area is 149 Å². The molecule has 3 heterocycles. The van der Waals surface area contributed by atoms with Crippen molar-refractivity contribution in [2.45, 2.75) is 19.6 Å². The number of aryl methyl sites for hydroxylation is 1. The highest BCUT2D eigenvalue weighted by molar-refractivity contribution is 5.79. The fourth-order valence-corrected chi connectivity index (χ4v) is 3.11. The summed E-state index contributed by atoms with van der Waals surface area (Å²) in [5, 5.41) is 14.1. The minimum atomic E-state index is -0.323. The highest BCUT2D eigenvalue weighted by atomic mass is 16.2. The van der Waals surface area contributed by atoms with E-state index in [1.54, 1.807) is 6.20 Å². The highest BCUT2D eigenvalue weighted by Gasteiger charge is 2.34. The van der Waals surface area contributed by atoms with Gasteiger partial charge in [-0.1, -0.05) is 18.2 Å². The molecule has 0 aliphatic carbocycles. The van der Waals surface area contributed by atoms with Crippen LogP contribution in [0.3, 0.4) is 0 Å². The number of hydrogen-bond donors (Lipinski definition) is 3. The normalized spacial score (nSPS) is 19.6. The van der Waals surface area contributed by atoms with Gasteiger partial charge in [-0.25, -0.2) is 15.1 Å². The predicted octanol–water partition coefficient (Wildman–Crippen LogP) is -0.294. The van der Waals surface area contributed by atoms with E-state index < -0.39 is 0 Å². The van der Waals surface area contributed by atoms with Gasteiger partial charge in [0.1, 0.15) is 18.3 Å². The first-order chi connectivity index (χ1) is 12.7. The third kappa shape index (κ3) is 3.07. The maximum absolute atomic E-state index is 12.7. The van der Waals surface area contributed by atoms with Gasteiger partial charge in [-0.2, -0.15) is 0 Å². The van der Waals surface area contributed by atoms with Gasteiger partial charge in [0.05, 0.1) is 11.6 Å². The number of tetrazole rings is 1. The van der Waals surface area contributed by atoms with Crippen molar-refractivity contribution < 1.29 is 4.79 Å². The van der Waals surface area contributed by atoms with Crippen LogP contribution in [0.5, 0.6) is 0 Å². The molecule has 3 aromatic rings. The zero-order valence-corrected chi connectivity index (χ0v) is 14.2. The molecule has 0 radical (unpaired) electrons. The van der Waals surface area contributed by atoms with E-state index in [0.29, 0.717) is 13.1 Å². The van der Waals surface area contributed by atoms with Crippen LogP contribution in [-0.4, -0.2) is 42.2 Å². The van der Waals surface area contributed by atoms with Crippen LogP contribution in [-0.2, 0) is 11.3 Å². The number of carbonyl (C=O) groups excluding carboxylic acids is 1. The van der Waals surface area contributed by atoms with E-state index >= 15 is 0 Å². The van der Waals surface area contributed by atoms with Crippen LogP contribution in [0.4, 0.5) is 0 Å². The fraction of sp³-hybridized carbons (Fsp3) is 0.312. The first-order valence-corrected chi connectivity index (χ1v) is 8.31. The molecule has 1 aliphatic rings.